The minimum atomic E-state index is -6.06. The standard InChI is InChI=1S/C14H20F6INO3/c1-7(22)11(2,21)10(23)25-9(8-5-3-4-6-8)12(24,13(15,16)17)14(18,19)20/h7-9,24H,3-6,22H2,1-2H3. The second-order valence-corrected chi connectivity index (χ2v) is 8.74. The second kappa shape index (κ2) is 7.37. The van der Waals surface area contributed by atoms with Gasteiger partial charge in [0.1, 0.15) is 3.42 Å². The van der Waals surface area contributed by atoms with Gasteiger partial charge in [0.15, 0.2) is 6.10 Å². The summed E-state index contributed by atoms with van der Waals surface area (Å²) in [6, 6.07) is -0.894. The normalized spacial score (nSPS) is 22.4. The van der Waals surface area contributed by atoms with Crippen LogP contribution >= 0.6 is 22.6 Å². The SMILES string of the molecule is CC(N)C(C)(I)C(=O)OC(C1CCCC1)C(O)(C(F)(F)F)C(F)(F)F. The van der Waals surface area contributed by atoms with Gasteiger partial charge in [0.25, 0.3) is 5.60 Å². The minimum Gasteiger partial charge on any atom is -0.457 e. The lowest BCUT2D eigenvalue weighted by Gasteiger charge is -2.41. The average molecular weight is 491 g/mol. The zero-order chi connectivity index (χ0) is 19.8. The Kier molecular flexibility index (Phi) is 6.71. The Balaban J connectivity index is 3.35. The number of nitrogens with two attached hydrogens (primary N) is 1. The number of hydrogen-bond donors (Lipinski definition) is 2. The van der Waals surface area contributed by atoms with Crippen LogP contribution in [-0.4, -0.2) is 44.6 Å². The number of hydrogen-bond acceptors (Lipinski definition) is 4. The van der Waals surface area contributed by atoms with Crippen molar-refractivity contribution in [3.8, 4) is 0 Å². The number of esters is 1. The zero-order valence-corrected chi connectivity index (χ0v) is 15.7. The van der Waals surface area contributed by atoms with Gasteiger partial charge in [0.05, 0.1) is 0 Å². The fraction of sp³-hybridized carbons (Fsp3) is 0.929. The van der Waals surface area contributed by atoms with Crippen LogP contribution < -0.4 is 5.73 Å². The number of aliphatic hydroxyl groups is 1. The largest absolute Gasteiger partial charge is 0.457 e. The Morgan fingerprint density at radius 1 is 1.16 bits per heavy atom. The fourth-order valence-corrected chi connectivity index (χ4v) is 2.81. The molecule has 0 amide bonds. The van der Waals surface area contributed by atoms with E-state index < -0.39 is 45.4 Å². The van der Waals surface area contributed by atoms with Gasteiger partial charge in [-0.15, -0.1) is 0 Å². The summed E-state index contributed by atoms with van der Waals surface area (Å²) in [6.45, 7) is 2.62. The maximum atomic E-state index is 13.2. The Morgan fingerprint density at radius 2 is 1.56 bits per heavy atom. The van der Waals surface area contributed by atoms with Crippen LogP contribution in [0, 0.1) is 5.92 Å². The summed E-state index contributed by atoms with van der Waals surface area (Å²) in [5, 5.41) is 9.70. The predicted molar refractivity (Wildman–Crippen MR) is 85.0 cm³/mol. The van der Waals surface area contributed by atoms with Gasteiger partial charge in [0.2, 0.25) is 0 Å². The molecule has 148 valence electrons. The smallest absolute Gasteiger partial charge is 0.430 e. The summed E-state index contributed by atoms with van der Waals surface area (Å²) >= 11 is 1.51. The van der Waals surface area contributed by atoms with Crippen molar-refractivity contribution in [1.29, 1.82) is 0 Å². The van der Waals surface area contributed by atoms with E-state index in [-0.39, 0.29) is 12.8 Å². The van der Waals surface area contributed by atoms with E-state index in [0.29, 0.717) is 12.8 Å². The Bertz CT molecular complexity index is 472. The van der Waals surface area contributed by atoms with Crippen LogP contribution in [0.15, 0.2) is 0 Å². The summed E-state index contributed by atoms with van der Waals surface area (Å²) in [5.74, 6) is -2.58. The maximum Gasteiger partial charge on any atom is 0.430 e. The van der Waals surface area contributed by atoms with Crippen LogP contribution in [0.1, 0.15) is 39.5 Å². The molecule has 3 unspecified atom stereocenters. The van der Waals surface area contributed by atoms with Gasteiger partial charge < -0.3 is 15.6 Å². The molecular weight excluding hydrogens is 471 g/mol. The molecule has 1 aliphatic carbocycles. The van der Waals surface area contributed by atoms with Crippen molar-refractivity contribution in [1.82, 2.24) is 0 Å². The molecule has 0 heterocycles. The minimum absolute atomic E-state index is 0.0114. The summed E-state index contributed by atoms with van der Waals surface area (Å²) in [7, 11) is 0. The molecule has 4 nitrogen and oxygen atoms in total. The van der Waals surface area contributed by atoms with E-state index in [1.165, 1.54) is 36.4 Å². The molecule has 1 aliphatic rings. The number of halogens is 7. The van der Waals surface area contributed by atoms with Crippen LogP contribution in [-0.2, 0) is 9.53 Å². The van der Waals surface area contributed by atoms with E-state index in [1.54, 1.807) is 0 Å². The Hall–Kier alpha value is -0.300. The number of ether oxygens (including phenoxy) is 1. The molecular formula is C14H20F6INO3. The van der Waals surface area contributed by atoms with E-state index >= 15 is 0 Å². The summed E-state index contributed by atoms with van der Waals surface area (Å²) in [4.78, 5) is 12.2. The van der Waals surface area contributed by atoms with E-state index in [9.17, 15) is 36.2 Å². The maximum absolute atomic E-state index is 13.2. The first-order chi connectivity index (χ1) is 11.1. The van der Waals surface area contributed by atoms with Crippen molar-refractivity contribution in [2.24, 2.45) is 11.7 Å². The molecule has 0 saturated heterocycles. The zero-order valence-electron chi connectivity index (χ0n) is 13.5. The van der Waals surface area contributed by atoms with Gasteiger partial charge in [-0.1, -0.05) is 35.4 Å². The van der Waals surface area contributed by atoms with Gasteiger partial charge in [-0.25, -0.2) is 0 Å². The summed E-state index contributed by atoms with van der Waals surface area (Å²) < 4.78 is 82.4. The first kappa shape index (κ1) is 22.7. The third-order valence-electron chi connectivity index (χ3n) is 4.59. The third kappa shape index (κ3) is 4.34. The van der Waals surface area contributed by atoms with Crippen molar-refractivity contribution in [2.45, 2.75) is 73.1 Å². The highest BCUT2D eigenvalue weighted by molar-refractivity contribution is 14.1. The highest BCUT2D eigenvalue weighted by atomic mass is 127. The lowest BCUT2D eigenvalue weighted by Crippen LogP contribution is -2.67. The van der Waals surface area contributed by atoms with Crippen LogP contribution in [0.2, 0.25) is 0 Å². The van der Waals surface area contributed by atoms with Crippen LogP contribution in [0.5, 0.6) is 0 Å². The molecule has 11 heteroatoms. The quantitative estimate of drug-likeness (QED) is 0.268. The molecule has 0 aromatic heterocycles. The molecule has 0 bridgehead atoms. The molecule has 3 atom stereocenters. The van der Waals surface area contributed by atoms with E-state index in [4.69, 9.17) is 5.73 Å². The lowest BCUT2D eigenvalue weighted by atomic mass is 9.84. The molecule has 1 rings (SSSR count). The lowest BCUT2D eigenvalue weighted by molar-refractivity contribution is -0.396. The molecule has 1 fully saturated rings. The van der Waals surface area contributed by atoms with Gasteiger partial charge in [-0.2, -0.15) is 26.3 Å². The van der Waals surface area contributed by atoms with Crippen LogP contribution in [0.25, 0.3) is 0 Å². The van der Waals surface area contributed by atoms with Crippen molar-refractivity contribution >= 4 is 28.6 Å². The topological polar surface area (TPSA) is 72.6 Å². The Morgan fingerprint density at radius 3 is 1.88 bits per heavy atom. The molecule has 0 aromatic carbocycles. The molecule has 0 aliphatic heterocycles. The van der Waals surface area contributed by atoms with Crippen molar-refractivity contribution < 1.29 is 41.0 Å². The van der Waals surface area contributed by atoms with E-state index in [1.807, 2.05) is 0 Å². The van der Waals surface area contributed by atoms with Crippen molar-refractivity contribution in [2.75, 3.05) is 0 Å². The number of carbonyl (C=O) groups is 1. The summed E-state index contributed by atoms with van der Waals surface area (Å²) in [5.41, 5.74) is 0.422. The highest BCUT2D eigenvalue weighted by Crippen LogP contribution is 2.50. The van der Waals surface area contributed by atoms with Gasteiger partial charge in [-0.05, 0) is 32.6 Å². The highest BCUT2D eigenvalue weighted by Gasteiger charge is 2.76. The fourth-order valence-electron chi connectivity index (χ4n) is 2.68. The molecule has 0 radical (unpaired) electrons. The molecule has 3 N–H and O–H groups in total. The molecule has 0 spiro atoms. The second-order valence-electron chi connectivity index (χ2n) is 6.50. The molecule has 25 heavy (non-hydrogen) atoms. The van der Waals surface area contributed by atoms with Gasteiger partial charge >= 0.3 is 18.3 Å². The molecule has 0 aromatic rings. The van der Waals surface area contributed by atoms with Gasteiger partial charge in [-0.3, -0.25) is 4.79 Å². The first-order valence-corrected chi connectivity index (χ1v) is 8.66. The number of carbonyl (C=O) groups excluding carboxylic acids is 1. The third-order valence-corrected chi connectivity index (χ3v) is 6.02. The monoisotopic (exact) mass is 491 g/mol. The van der Waals surface area contributed by atoms with Crippen molar-refractivity contribution in [3.63, 3.8) is 0 Å². The average Bonchev–Trinajstić information content (AvgIpc) is 2.94. The number of rotatable bonds is 5. The number of alkyl halides is 7. The van der Waals surface area contributed by atoms with Gasteiger partial charge in [0, 0.05) is 6.04 Å². The Labute approximate surface area is 154 Å². The molecule has 1 saturated carbocycles. The van der Waals surface area contributed by atoms with E-state index in [0.717, 1.165) is 0 Å². The van der Waals surface area contributed by atoms with Crippen molar-refractivity contribution in [3.05, 3.63) is 0 Å². The van der Waals surface area contributed by atoms with Crippen LogP contribution in [0.3, 0.4) is 0 Å². The van der Waals surface area contributed by atoms with Crippen LogP contribution in [0.4, 0.5) is 26.3 Å². The first-order valence-electron chi connectivity index (χ1n) is 7.58. The summed E-state index contributed by atoms with van der Waals surface area (Å²) in [6.07, 6.45) is -14.1. The predicted octanol–water partition coefficient (Wildman–Crippen LogP) is 3.49. The van der Waals surface area contributed by atoms with E-state index in [2.05, 4.69) is 4.74 Å².